The highest BCUT2D eigenvalue weighted by atomic mass is 16.6. The van der Waals surface area contributed by atoms with Gasteiger partial charge in [-0.3, -0.25) is 9.36 Å². The van der Waals surface area contributed by atoms with Crippen LogP contribution in [0.2, 0.25) is 0 Å². The molecule has 2 aromatic carbocycles. The highest BCUT2D eigenvalue weighted by Crippen LogP contribution is 2.28. The molecular formula is C22H24N4O4. The first-order valence-electron chi connectivity index (χ1n) is 9.79. The Morgan fingerprint density at radius 1 is 1.23 bits per heavy atom. The third-order valence-electron chi connectivity index (χ3n) is 5.08. The van der Waals surface area contributed by atoms with E-state index in [-0.39, 0.29) is 12.0 Å². The summed E-state index contributed by atoms with van der Waals surface area (Å²) >= 11 is 0. The second kappa shape index (κ2) is 8.16. The Morgan fingerprint density at radius 2 is 2.00 bits per heavy atom. The summed E-state index contributed by atoms with van der Waals surface area (Å²) in [5.74, 6) is -0.737. The molecule has 0 spiro atoms. The maximum absolute atomic E-state index is 12.7. The number of fused-ring (bicyclic) bond motifs is 1. The minimum atomic E-state index is -0.412. The van der Waals surface area contributed by atoms with Gasteiger partial charge in [-0.15, -0.1) is 0 Å². The zero-order chi connectivity index (χ0) is 21.3. The van der Waals surface area contributed by atoms with Crippen LogP contribution in [-0.2, 0) is 16.2 Å². The van der Waals surface area contributed by atoms with Crippen LogP contribution in [0.15, 0.2) is 56.8 Å². The molecule has 3 aromatic rings. The average Bonchev–Trinajstić information content (AvgIpc) is 3.31. The summed E-state index contributed by atoms with van der Waals surface area (Å²) in [4.78, 5) is 32.3. The number of benzene rings is 2. The molecule has 8 nitrogen and oxygen atoms in total. The number of nitrogens with zero attached hydrogens (tertiary/aromatic N) is 3. The van der Waals surface area contributed by atoms with E-state index in [1.807, 2.05) is 50.2 Å². The van der Waals surface area contributed by atoms with Crippen molar-refractivity contribution in [3.8, 4) is 0 Å². The molecule has 2 heterocycles. The molecule has 1 aliphatic rings. The van der Waals surface area contributed by atoms with Gasteiger partial charge in [0.05, 0.1) is 5.52 Å². The summed E-state index contributed by atoms with van der Waals surface area (Å²) in [5.41, 5.74) is 4.16. The van der Waals surface area contributed by atoms with E-state index in [1.54, 1.807) is 22.8 Å². The summed E-state index contributed by atoms with van der Waals surface area (Å²) in [5, 5.41) is 6.81. The molecule has 0 fully saturated rings. The fourth-order valence-corrected chi connectivity index (χ4v) is 3.33. The smallest absolute Gasteiger partial charge is 0.408 e. The van der Waals surface area contributed by atoms with Crippen molar-refractivity contribution in [2.24, 2.45) is 5.16 Å². The van der Waals surface area contributed by atoms with Crippen LogP contribution in [0.25, 0.3) is 11.1 Å². The van der Waals surface area contributed by atoms with Gasteiger partial charge in [-0.1, -0.05) is 35.0 Å². The summed E-state index contributed by atoms with van der Waals surface area (Å²) in [6.45, 7) is 3.21. The first kappa shape index (κ1) is 19.9. The average molecular weight is 408 g/mol. The molecule has 1 N–H and O–H groups in total. The fraction of sp³-hybridized carbons (Fsp3) is 0.318. The molecule has 0 bridgehead atoms. The summed E-state index contributed by atoms with van der Waals surface area (Å²) in [6, 6.07) is 13.1. The minimum Gasteiger partial charge on any atom is -0.408 e. The van der Waals surface area contributed by atoms with Gasteiger partial charge >= 0.3 is 5.76 Å². The van der Waals surface area contributed by atoms with Gasteiger partial charge in [0.15, 0.2) is 11.7 Å². The van der Waals surface area contributed by atoms with Crippen LogP contribution in [0, 0.1) is 6.92 Å². The van der Waals surface area contributed by atoms with Gasteiger partial charge in [0, 0.05) is 25.2 Å². The number of aromatic nitrogens is 1. The number of hydrogen-bond donors (Lipinski definition) is 1. The Morgan fingerprint density at radius 3 is 2.73 bits per heavy atom. The second-order valence-corrected chi connectivity index (χ2v) is 7.71. The van der Waals surface area contributed by atoms with Crippen molar-refractivity contribution in [1.29, 1.82) is 0 Å². The Balaban J connectivity index is 1.47. The highest BCUT2D eigenvalue weighted by Gasteiger charge is 2.27. The summed E-state index contributed by atoms with van der Waals surface area (Å²) in [7, 11) is 3.88. The number of hydrogen-bond acceptors (Lipinski definition) is 6. The lowest BCUT2D eigenvalue weighted by atomic mass is 10.0. The number of carbonyl (C=O) groups excluding carboxylic acids is 1. The second-order valence-electron chi connectivity index (χ2n) is 7.71. The third-order valence-corrected chi connectivity index (χ3v) is 5.08. The largest absolute Gasteiger partial charge is 0.419 e. The monoisotopic (exact) mass is 408 g/mol. The molecule has 0 saturated heterocycles. The molecule has 1 aliphatic heterocycles. The van der Waals surface area contributed by atoms with Gasteiger partial charge in [-0.25, -0.2) is 4.79 Å². The molecule has 1 aromatic heterocycles. The van der Waals surface area contributed by atoms with E-state index in [4.69, 9.17) is 9.25 Å². The molecule has 30 heavy (non-hydrogen) atoms. The van der Waals surface area contributed by atoms with Crippen molar-refractivity contribution < 1.29 is 14.0 Å². The molecule has 1 amide bonds. The van der Waals surface area contributed by atoms with Crippen LogP contribution in [-0.4, -0.2) is 41.7 Å². The molecule has 8 heteroatoms. The highest BCUT2D eigenvalue weighted by molar-refractivity contribution is 6.43. The Hall–Kier alpha value is -3.39. The van der Waals surface area contributed by atoms with Crippen molar-refractivity contribution >= 4 is 28.4 Å². The van der Waals surface area contributed by atoms with E-state index in [1.165, 1.54) is 0 Å². The predicted molar refractivity (Wildman–Crippen MR) is 115 cm³/mol. The van der Waals surface area contributed by atoms with Crippen molar-refractivity contribution in [1.82, 2.24) is 9.47 Å². The SMILES string of the molecule is Cc1ccc(C2CC(C(=O)Nc3ccc4oc(=O)n(CCN(C)C)c4c3)=NO2)cc1. The van der Waals surface area contributed by atoms with Crippen LogP contribution in [0.3, 0.4) is 0 Å². The van der Waals surface area contributed by atoms with Crippen molar-refractivity contribution in [2.75, 3.05) is 26.0 Å². The number of aryl methyl sites for hydroxylation is 1. The van der Waals surface area contributed by atoms with Gasteiger partial charge in [-0.05, 0) is 44.8 Å². The molecule has 0 radical (unpaired) electrons. The standard InChI is InChI=1S/C22H24N4O4/c1-14-4-6-15(7-5-14)20-13-17(24-30-20)21(27)23-16-8-9-19-18(12-16)26(22(28)29-19)11-10-25(2)3/h4-9,12,20H,10-11,13H2,1-3H3,(H,23,27). The van der Waals surface area contributed by atoms with Crippen LogP contribution in [0.1, 0.15) is 23.7 Å². The van der Waals surface area contributed by atoms with E-state index >= 15 is 0 Å². The van der Waals surface area contributed by atoms with Gasteiger partial charge in [-0.2, -0.15) is 0 Å². The van der Waals surface area contributed by atoms with Gasteiger partial charge < -0.3 is 19.5 Å². The lowest BCUT2D eigenvalue weighted by Crippen LogP contribution is -2.24. The number of oxime groups is 1. The number of anilines is 1. The van der Waals surface area contributed by atoms with Crippen LogP contribution in [0.5, 0.6) is 0 Å². The van der Waals surface area contributed by atoms with E-state index < -0.39 is 5.76 Å². The maximum atomic E-state index is 12.7. The molecule has 156 valence electrons. The normalized spacial score (nSPS) is 16.0. The van der Waals surface area contributed by atoms with Crippen molar-refractivity contribution in [3.05, 3.63) is 64.1 Å². The maximum Gasteiger partial charge on any atom is 0.419 e. The molecular weight excluding hydrogens is 384 g/mol. The first-order chi connectivity index (χ1) is 14.4. The first-order valence-corrected chi connectivity index (χ1v) is 9.79. The fourth-order valence-electron chi connectivity index (χ4n) is 3.33. The van der Waals surface area contributed by atoms with E-state index in [0.29, 0.717) is 42.0 Å². The zero-order valence-electron chi connectivity index (χ0n) is 17.2. The van der Waals surface area contributed by atoms with Gasteiger partial charge in [0.25, 0.3) is 5.91 Å². The molecule has 0 aliphatic carbocycles. The van der Waals surface area contributed by atoms with Crippen LogP contribution < -0.4 is 11.1 Å². The van der Waals surface area contributed by atoms with Crippen molar-refractivity contribution in [3.63, 3.8) is 0 Å². The molecule has 1 unspecified atom stereocenters. The molecule has 1 atom stereocenters. The predicted octanol–water partition coefficient (Wildman–Crippen LogP) is 2.92. The minimum absolute atomic E-state index is 0.265. The quantitative estimate of drug-likeness (QED) is 0.677. The lowest BCUT2D eigenvalue weighted by molar-refractivity contribution is -0.110. The summed E-state index contributed by atoms with van der Waals surface area (Å²) < 4.78 is 6.86. The van der Waals surface area contributed by atoms with E-state index in [0.717, 1.165) is 11.1 Å². The number of oxazole rings is 1. The van der Waals surface area contributed by atoms with E-state index in [2.05, 4.69) is 10.5 Å². The Bertz CT molecular complexity index is 1160. The number of likely N-dealkylation sites (N-methyl/N-ethyl adjacent to an activating group) is 1. The number of carbonyl (C=O) groups is 1. The topological polar surface area (TPSA) is 89.1 Å². The van der Waals surface area contributed by atoms with E-state index in [9.17, 15) is 9.59 Å². The number of rotatable bonds is 6. The zero-order valence-corrected chi connectivity index (χ0v) is 17.2. The number of amides is 1. The van der Waals surface area contributed by atoms with Crippen LogP contribution >= 0.6 is 0 Å². The van der Waals surface area contributed by atoms with Gasteiger partial charge in [0.2, 0.25) is 0 Å². The lowest BCUT2D eigenvalue weighted by Gasteiger charge is -2.10. The Kier molecular flexibility index (Phi) is 5.41. The Labute approximate surface area is 173 Å². The molecule has 4 rings (SSSR count). The van der Waals surface area contributed by atoms with Crippen molar-refractivity contribution in [2.45, 2.75) is 26.0 Å². The summed E-state index contributed by atoms with van der Waals surface area (Å²) in [6.07, 6.45) is 0.134. The van der Waals surface area contributed by atoms with Crippen LogP contribution in [0.4, 0.5) is 5.69 Å². The third kappa shape index (κ3) is 4.13. The van der Waals surface area contributed by atoms with Gasteiger partial charge in [0.1, 0.15) is 5.71 Å². The number of nitrogens with one attached hydrogen (secondary N) is 1. The molecule has 0 saturated carbocycles.